The second kappa shape index (κ2) is 6.48. The molecule has 136 valence electrons. The van der Waals surface area contributed by atoms with Gasteiger partial charge in [-0.05, 0) is 90.0 Å². The van der Waals surface area contributed by atoms with Crippen molar-refractivity contribution < 1.29 is 12.3 Å². The topological polar surface area (TPSA) is 27.7 Å². The van der Waals surface area contributed by atoms with Crippen molar-refractivity contribution in [3.05, 3.63) is 0 Å². The molecule has 3 unspecified atom stereocenters. The van der Waals surface area contributed by atoms with Gasteiger partial charge in [0.05, 0.1) is 0 Å². The molecule has 2 saturated carbocycles. The van der Waals surface area contributed by atoms with Crippen LogP contribution in [-0.4, -0.2) is 33.8 Å². The van der Waals surface area contributed by atoms with Crippen LogP contribution in [0.15, 0.2) is 0 Å². The van der Waals surface area contributed by atoms with Gasteiger partial charge in [-0.2, -0.15) is 0 Å². The van der Waals surface area contributed by atoms with Crippen LogP contribution in [0, 0.1) is 11.8 Å². The van der Waals surface area contributed by atoms with E-state index in [1.54, 1.807) is 0 Å². The smallest absolute Gasteiger partial charge is 0.417 e. The summed E-state index contributed by atoms with van der Waals surface area (Å²) >= 11 is 0. The highest BCUT2D eigenvalue weighted by Crippen LogP contribution is 2.57. The van der Waals surface area contributed by atoms with E-state index in [9.17, 15) is 0 Å². The summed E-state index contributed by atoms with van der Waals surface area (Å²) in [6.07, 6.45) is 5.46. The van der Waals surface area contributed by atoms with Crippen LogP contribution < -0.4 is 0 Å². The van der Waals surface area contributed by atoms with Gasteiger partial charge in [0.15, 0.2) is 25.0 Å². The van der Waals surface area contributed by atoms with Gasteiger partial charge in [0, 0.05) is 5.54 Å². The summed E-state index contributed by atoms with van der Waals surface area (Å²) < 4.78 is 20.8. The zero-order valence-electron chi connectivity index (χ0n) is 16.8. The normalized spacial score (nSPS) is 29.3. The maximum absolute atomic E-state index is 6.92. The average Bonchev–Trinajstić information content (AvgIpc) is 2.81. The monoisotopic (exact) mass is 390 g/mol. The molecule has 2 bridgehead atoms. The Kier molecular flexibility index (Phi) is 5.65. The van der Waals surface area contributed by atoms with Crippen LogP contribution in [0.1, 0.15) is 25.7 Å². The predicted molar refractivity (Wildman–Crippen MR) is 108 cm³/mol. The van der Waals surface area contributed by atoms with Crippen LogP contribution in [0.25, 0.3) is 0 Å². The molecule has 2 aliphatic carbocycles. The molecule has 0 radical (unpaired) electrons. The molecule has 2 aliphatic rings. The van der Waals surface area contributed by atoms with E-state index < -0.39 is 33.8 Å². The lowest BCUT2D eigenvalue weighted by Gasteiger charge is -2.47. The van der Waals surface area contributed by atoms with Crippen LogP contribution >= 0.6 is 0 Å². The second-order valence-corrected chi connectivity index (χ2v) is 27.6. The highest BCUT2D eigenvalue weighted by Gasteiger charge is 2.61. The molecule has 0 amide bonds. The molecule has 2 fully saturated rings. The molecular weight excluding hydrogens is 353 g/mol. The first-order valence-corrected chi connectivity index (χ1v) is 21.3. The van der Waals surface area contributed by atoms with Crippen molar-refractivity contribution in [2.24, 2.45) is 11.8 Å². The first-order valence-electron chi connectivity index (χ1n) is 9.30. The third-order valence-corrected chi connectivity index (χ3v) is 16.9. The van der Waals surface area contributed by atoms with E-state index in [2.05, 4.69) is 58.9 Å². The minimum Gasteiger partial charge on any atom is -0.417 e. The van der Waals surface area contributed by atoms with Gasteiger partial charge in [-0.1, -0.05) is 6.42 Å². The van der Waals surface area contributed by atoms with Crippen molar-refractivity contribution in [1.82, 2.24) is 0 Å². The third kappa shape index (κ3) is 5.62. The molecule has 0 spiro atoms. The maximum atomic E-state index is 6.92. The van der Waals surface area contributed by atoms with E-state index in [0.29, 0.717) is 5.54 Å². The van der Waals surface area contributed by atoms with Crippen molar-refractivity contribution in [2.45, 2.75) is 90.1 Å². The third-order valence-electron chi connectivity index (χ3n) is 4.54. The Balaban J connectivity index is 2.39. The molecule has 0 N–H and O–H groups in total. The van der Waals surface area contributed by atoms with Crippen molar-refractivity contribution >= 4 is 33.8 Å². The van der Waals surface area contributed by atoms with Gasteiger partial charge in [0.25, 0.3) is 0 Å². The minimum atomic E-state index is -2.64. The molecule has 0 heterocycles. The van der Waals surface area contributed by atoms with Crippen LogP contribution in [0.4, 0.5) is 0 Å². The van der Waals surface area contributed by atoms with E-state index in [4.69, 9.17) is 12.3 Å². The zero-order valence-corrected chi connectivity index (χ0v) is 20.8. The zero-order chi connectivity index (χ0) is 17.7. The van der Waals surface area contributed by atoms with Crippen LogP contribution in [-0.2, 0) is 12.3 Å². The Morgan fingerprint density at radius 2 is 1.04 bits per heavy atom. The minimum absolute atomic E-state index is 0.562. The van der Waals surface area contributed by atoms with E-state index in [0.717, 1.165) is 11.8 Å². The fourth-order valence-corrected chi connectivity index (χ4v) is 19.4. The van der Waals surface area contributed by atoms with Gasteiger partial charge >= 0.3 is 8.80 Å². The number of hydrogen-bond donors (Lipinski definition) is 0. The Morgan fingerprint density at radius 3 is 1.30 bits per heavy atom. The largest absolute Gasteiger partial charge is 0.473 e. The molecule has 0 aromatic rings. The molecule has 2 rings (SSSR count). The van der Waals surface area contributed by atoms with Crippen LogP contribution in [0.3, 0.4) is 0 Å². The standard InChI is InChI=1S/C16H38O3Si4/c1-20(2,3)17-23(18-21(4,5)6,19-22(7,8)9)16-13-14-10-11-15(16)12-14/h14-16H,10-13H2,1-9H3. The molecule has 0 aliphatic heterocycles. The first kappa shape index (κ1) is 20.1. The van der Waals surface area contributed by atoms with Crippen LogP contribution in [0.2, 0.25) is 64.5 Å². The highest BCUT2D eigenvalue weighted by molar-refractivity contribution is 6.90. The van der Waals surface area contributed by atoms with Gasteiger partial charge in [0.2, 0.25) is 0 Å². The molecule has 23 heavy (non-hydrogen) atoms. The summed E-state index contributed by atoms with van der Waals surface area (Å²) in [6.45, 7) is 20.7. The number of rotatable bonds is 7. The second-order valence-electron chi connectivity index (χ2n) is 10.5. The van der Waals surface area contributed by atoms with Gasteiger partial charge in [0.1, 0.15) is 0 Å². The Bertz CT molecular complexity index is 382. The summed E-state index contributed by atoms with van der Waals surface area (Å²) in [6, 6.07) is 0. The van der Waals surface area contributed by atoms with Crippen molar-refractivity contribution in [2.75, 3.05) is 0 Å². The fraction of sp³-hybridized carbons (Fsp3) is 1.00. The van der Waals surface area contributed by atoms with E-state index in [1.807, 2.05) is 0 Å². The number of hydrogen-bond acceptors (Lipinski definition) is 3. The molecular formula is C16H38O3Si4. The highest BCUT2D eigenvalue weighted by atomic mass is 28.5. The van der Waals surface area contributed by atoms with Gasteiger partial charge < -0.3 is 12.3 Å². The van der Waals surface area contributed by atoms with Crippen molar-refractivity contribution in [3.63, 3.8) is 0 Å². The Hall–Kier alpha value is 0.748. The molecule has 0 aromatic carbocycles. The molecule has 3 nitrogen and oxygen atoms in total. The van der Waals surface area contributed by atoms with Crippen LogP contribution in [0.5, 0.6) is 0 Å². The Labute approximate surface area is 148 Å². The summed E-state index contributed by atoms with van der Waals surface area (Å²) in [4.78, 5) is 0. The van der Waals surface area contributed by atoms with Crippen molar-refractivity contribution in [3.8, 4) is 0 Å². The van der Waals surface area contributed by atoms with E-state index >= 15 is 0 Å². The van der Waals surface area contributed by atoms with Gasteiger partial charge in [-0.25, -0.2) is 0 Å². The molecule has 0 aromatic heterocycles. The SMILES string of the molecule is C[Si](C)(C)O[Si](O[Si](C)(C)C)(O[Si](C)(C)C)C1CC2CCC1C2. The molecule has 7 heteroatoms. The number of fused-ring (bicyclic) bond motifs is 2. The fourth-order valence-electron chi connectivity index (χ4n) is 4.25. The molecule has 0 saturated heterocycles. The van der Waals surface area contributed by atoms with E-state index in [-0.39, 0.29) is 0 Å². The first-order chi connectivity index (χ1) is 10.2. The van der Waals surface area contributed by atoms with E-state index in [1.165, 1.54) is 25.7 Å². The average molecular weight is 391 g/mol. The van der Waals surface area contributed by atoms with Gasteiger partial charge in [-0.15, -0.1) is 0 Å². The van der Waals surface area contributed by atoms with Gasteiger partial charge in [-0.3, -0.25) is 0 Å². The van der Waals surface area contributed by atoms with Crippen molar-refractivity contribution in [1.29, 1.82) is 0 Å². The lowest BCUT2D eigenvalue weighted by atomic mass is 10.0. The predicted octanol–water partition coefficient (Wildman–Crippen LogP) is 5.67. The quantitative estimate of drug-likeness (QED) is 0.524. The summed E-state index contributed by atoms with van der Waals surface area (Å²) in [5, 5.41) is 0. The maximum Gasteiger partial charge on any atom is 0.473 e. The Morgan fingerprint density at radius 1 is 0.609 bits per heavy atom. The summed E-state index contributed by atoms with van der Waals surface area (Å²) in [5.41, 5.74) is 0.562. The lowest BCUT2D eigenvalue weighted by molar-refractivity contribution is 0.214. The lowest BCUT2D eigenvalue weighted by Crippen LogP contribution is -2.63. The summed E-state index contributed by atoms with van der Waals surface area (Å²) in [7, 11) is -7.83. The molecule has 3 atom stereocenters. The summed E-state index contributed by atoms with van der Waals surface area (Å²) in [5.74, 6) is 1.69.